The predicted molar refractivity (Wildman–Crippen MR) is 68.9 cm³/mol. The molecule has 0 fully saturated rings. The Hall–Kier alpha value is -1.37. The summed E-state index contributed by atoms with van der Waals surface area (Å²) in [5.74, 6) is -4.87. The number of halogens is 4. The average molecular weight is 362 g/mol. The smallest absolute Gasteiger partial charge is 0.194 e. The van der Waals surface area contributed by atoms with Crippen LogP contribution >= 0.6 is 22.6 Å². The maximum absolute atomic E-state index is 13.0. The summed E-state index contributed by atoms with van der Waals surface area (Å²) in [5.41, 5.74) is 0.0773. The van der Waals surface area contributed by atoms with Gasteiger partial charge in [-0.3, -0.25) is 4.79 Å². The van der Waals surface area contributed by atoms with Crippen LogP contribution in [0.3, 0.4) is 0 Å². The number of carbonyl (C=O) groups excluding carboxylic acids is 1. The van der Waals surface area contributed by atoms with Crippen LogP contribution in [0.15, 0.2) is 36.4 Å². The molecule has 0 saturated carbocycles. The second-order valence-corrected chi connectivity index (χ2v) is 4.84. The highest BCUT2D eigenvalue weighted by Crippen LogP contribution is 2.17. The molecule has 2 aromatic rings. The fourth-order valence-electron chi connectivity index (χ4n) is 1.45. The van der Waals surface area contributed by atoms with Gasteiger partial charge in [-0.1, -0.05) is 0 Å². The molecule has 0 aliphatic rings. The summed E-state index contributed by atoms with van der Waals surface area (Å²) in [5, 5.41) is 0. The summed E-state index contributed by atoms with van der Waals surface area (Å²) in [4.78, 5) is 11.9. The van der Waals surface area contributed by atoms with Gasteiger partial charge in [-0.2, -0.15) is 0 Å². The van der Waals surface area contributed by atoms with Crippen molar-refractivity contribution in [1.29, 1.82) is 0 Å². The second-order valence-electron chi connectivity index (χ2n) is 3.59. The Morgan fingerprint density at radius 3 is 1.89 bits per heavy atom. The van der Waals surface area contributed by atoms with Crippen molar-refractivity contribution in [2.45, 2.75) is 0 Å². The van der Waals surface area contributed by atoms with E-state index in [1.165, 1.54) is 0 Å². The highest BCUT2D eigenvalue weighted by atomic mass is 127. The molecule has 0 amide bonds. The Morgan fingerprint density at radius 1 is 0.889 bits per heavy atom. The van der Waals surface area contributed by atoms with Crippen molar-refractivity contribution in [2.24, 2.45) is 0 Å². The lowest BCUT2D eigenvalue weighted by molar-refractivity contribution is 0.103. The van der Waals surface area contributed by atoms with Gasteiger partial charge in [0.2, 0.25) is 0 Å². The lowest BCUT2D eigenvalue weighted by atomic mass is 10.0. The van der Waals surface area contributed by atoms with Crippen LogP contribution < -0.4 is 0 Å². The van der Waals surface area contributed by atoms with Crippen molar-refractivity contribution in [3.63, 3.8) is 0 Å². The number of ketones is 1. The first kappa shape index (κ1) is 13.1. The van der Waals surface area contributed by atoms with Gasteiger partial charge in [0.25, 0.3) is 0 Å². The molecule has 0 bridgehead atoms. The molecule has 0 heterocycles. The first-order valence-electron chi connectivity index (χ1n) is 4.94. The Kier molecular flexibility index (Phi) is 3.70. The molecule has 2 rings (SSSR count). The molecule has 0 radical (unpaired) electrons. The van der Waals surface area contributed by atoms with Gasteiger partial charge >= 0.3 is 0 Å². The van der Waals surface area contributed by atoms with Crippen molar-refractivity contribution >= 4 is 28.4 Å². The topological polar surface area (TPSA) is 17.1 Å². The highest BCUT2D eigenvalue weighted by molar-refractivity contribution is 14.1. The Labute approximate surface area is 115 Å². The van der Waals surface area contributed by atoms with Gasteiger partial charge in [0.05, 0.1) is 0 Å². The maximum atomic E-state index is 13.0. The predicted octanol–water partition coefficient (Wildman–Crippen LogP) is 3.94. The van der Waals surface area contributed by atoms with E-state index in [2.05, 4.69) is 22.6 Å². The fourth-order valence-corrected chi connectivity index (χ4v) is 1.81. The summed E-state index contributed by atoms with van der Waals surface area (Å²) < 4.78 is 39.7. The molecule has 2 aromatic carbocycles. The SMILES string of the molecule is O=C(c1ccc(I)cc1)c1cc(F)c(F)c(F)c1. The summed E-state index contributed by atoms with van der Waals surface area (Å²) >= 11 is 2.07. The van der Waals surface area contributed by atoms with Gasteiger partial charge in [-0.25, -0.2) is 13.2 Å². The lowest BCUT2D eigenvalue weighted by Crippen LogP contribution is -2.04. The molecule has 1 nitrogen and oxygen atoms in total. The molecule has 0 aliphatic carbocycles. The van der Waals surface area contributed by atoms with Crippen LogP contribution in [-0.2, 0) is 0 Å². The van der Waals surface area contributed by atoms with E-state index < -0.39 is 23.2 Å². The normalized spacial score (nSPS) is 10.4. The van der Waals surface area contributed by atoms with Crippen LogP contribution in [0.5, 0.6) is 0 Å². The van der Waals surface area contributed by atoms with Gasteiger partial charge < -0.3 is 0 Å². The lowest BCUT2D eigenvalue weighted by Gasteiger charge is -2.03. The zero-order valence-electron chi connectivity index (χ0n) is 8.88. The van der Waals surface area contributed by atoms with Gasteiger partial charge in [0.15, 0.2) is 23.2 Å². The van der Waals surface area contributed by atoms with Gasteiger partial charge in [0.1, 0.15) is 0 Å². The van der Waals surface area contributed by atoms with Crippen LogP contribution in [0.25, 0.3) is 0 Å². The number of benzene rings is 2. The molecule has 0 saturated heterocycles. The minimum Gasteiger partial charge on any atom is -0.289 e. The van der Waals surface area contributed by atoms with Crippen molar-refractivity contribution < 1.29 is 18.0 Å². The van der Waals surface area contributed by atoms with Crippen molar-refractivity contribution in [2.75, 3.05) is 0 Å². The quantitative estimate of drug-likeness (QED) is 0.450. The largest absolute Gasteiger partial charge is 0.289 e. The summed E-state index contributed by atoms with van der Waals surface area (Å²) in [6.45, 7) is 0. The third kappa shape index (κ3) is 2.55. The zero-order chi connectivity index (χ0) is 13.3. The molecule has 0 spiro atoms. The average Bonchev–Trinajstić information content (AvgIpc) is 2.35. The molecular formula is C13H6F3IO. The number of carbonyl (C=O) groups is 1. The van der Waals surface area contributed by atoms with Gasteiger partial charge in [0, 0.05) is 14.7 Å². The molecule has 18 heavy (non-hydrogen) atoms. The van der Waals surface area contributed by atoms with E-state index in [1.807, 2.05) is 0 Å². The summed E-state index contributed by atoms with van der Waals surface area (Å²) in [6.07, 6.45) is 0. The van der Waals surface area contributed by atoms with Crippen LogP contribution in [0.4, 0.5) is 13.2 Å². The van der Waals surface area contributed by atoms with E-state index in [4.69, 9.17) is 0 Å². The summed E-state index contributed by atoms with van der Waals surface area (Å²) in [6, 6.07) is 7.87. The van der Waals surface area contributed by atoms with E-state index in [9.17, 15) is 18.0 Å². The molecule has 0 aromatic heterocycles. The molecule has 92 valence electrons. The van der Waals surface area contributed by atoms with Crippen molar-refractivity contribution in [3.05, 3.63) is 68.5 Å². The van der Waals surface area contributed by atoms with E-state index >= 15 is 0 Å². The Bertz CT molecular complexity index is 585. The third-order valence-electron chi connectivity index (χ3n) is 2.35. The van der Waals surface area contributed by atoms with Crippen molar-refractivity contribution in [3.8, 4) is 0 Å². The van der Waals surface area contributed by atoms with Crippen LogP contribution in [0, 0.1) is 21.0 Å². The minimum atomic E-state index is -1.57. The molecule has 0 atom stereocenters. The highest BCUT2D eigenvalue weighted by Gasteiger charge is 2.16. The van der Waals surface area contributed by atoms with E-state index in [1.54, 1.807) is 24.3 Å². The maximum Gasteiger partial charge on any atom is 0.194 e. The number of hydrogen-bond acceptors (Lipinski definition) is 1. The zero-order valence-corrected chi connectivity index (χ0v) is 11.0. The fraction of sp³-hybridized carbons (Fsp3) is 0. The van der Waals surface area contributed by atoms with Crippen LogP contribution in [-0.4, -0.2) is 5.78 Å². The molecule has 0 unspecified atom stereocenters. The molecule has 5 heteroatoms. The number of hydrogen-bond donors (Lipinski definition) is 0. The van der Waals surface area contributed by atoms with E-state index in [-0.39, 0.29) is 5.56 Å². The van der Waals surface area contributed by atoms with Crippen LogP contribution in [0.1, 0.15) is 15.9 Å². The van der Waals surface area contributed by atoms with E-state index in [0.717, 1.165) is 3.57 Å². The van der Waals surface area contributed by atoms with E-state index in [0.29, 0.717) is 17.7 Å². The Morgan fingerprint density at radius 2 is 1.39 bits per heavy atom. The summed E-state index contributed by atoms with van der Waals surface area (Å²) in [7, 11) is 0. The minimum absolute atomic E-state index is 0.215. The molecular weight excluding hydrogens is 356 g/mol. The van der Waals surface area contributed by atoms with Crippen LogP contribution in [0.2, 0.25) is 0 Å². The standard InChI is InChI=1S/C13H6F3IO/c14-10-5-8(6-11(15)12(10)16)13(18)7-1-3-9(17)4-2-7/h1-6H. The monoisotopic (exact) mass is 362 g/mol. The van der Waals surface area contributed by atoms with Gasteiger partial charge in [-0.15, -0.1) is 0 Å². The molecule has 0 N–H and O–H groups in total. The molecule has 0 aliphatic heterocycles. The number of rotatable bonds is 2. The first-order chi connectivity index (χ1) is 8.49. The first-order valence-corrected chi connectivity index (χ1v) is 6.01. The van der Waals surface area contributed by atoms with Crippen molar-refractivity contribution in [1.82, 2.24) is 0 Å². The van der Waals surface area contributed by atoms with Gasteiger partial charge in [-0.05, 0) is 59.0 Å². The third-order valence-corrected chi connectivity index (χ3v) is 3.07. The second kappa shape index (κ2) is 5.09. The Balaban J connectivity index is 2.43.